The lowest BCUT2D eigenvalue weighted by Gasteiger charge is -2.25. The molecular weight excluding hydrogens is 929 g/mol. The van der Waals surface area contributed by atoms with Crippen LogP contribution in [0.2, 0.25) is 38.3 Å². The second kappa shape index (κ2) is 35.4. The number of amides is 7. The molecule has 1 rings (SSSR count). The minimum atomic E-state index is -2.49. The van der Waals surface area contributed by atoms with E-state index in [2.05, 4.69) is 37.2 Å². The fourth-order valence-corrected chi connectivity index (χ4v) is 9.71. The van der Waals surface area contributed by atoms with Gasteiger partial charge >= 0.3 is 0 Å². The van der Waals surface area contributed by atoms with Crippen LogP contribution < -0.4 is 38.0 Å². The number of carbonyl (C=O) groups excluding carboxylic acids is 7. The first-order valence-electron chi connectivity index (χ1n) is 20.9. The van der Waals surface area contributed by atoms with Crippen LogP contribution in [0.1, 0.15) is 38.5 Å². The number of nitrogens with two attached hydrogens (primary N) is 1. The van der Waals surface area contributed by atoms with Gasteiger partial charge in [0.15, 0.2) is 8.32 Å². The second-order valence-electron chi connectivity index (χ2n) is 15.2. The topological polar surface area (TPSA) is 304 Å². The minimum Gasteiger partial charge on any atom is -0.415 e. The Kier molecular flexibility index (Phi) is 32.3. The number of primary amides is 1. The highest BCUT2D eigenvalue weighted by molar-refractivity contribution is 8.76. The van der Waals surface area contributed by atoms with Crippen molar-refractivity contribution in [2.24, 2.45) is 5.73 Å². The number of methoxy groups -OCH3 is 2. The molecule has 1 aromatic rings. The summed E-state index contributed by atoms with van der Waals surface area (Å²) in [5.41, 5.74) is 9.57. The number of nitrogens with one attached hydrogen (secondary N) is 6. The van der Waals surface area contributed by atoms with E-state index in [0.29, 0.717) is 30.7 Å². The van der Waals surface area contributed by atoms with E-state index >= 15 is 0 Å². The molecule has 2 atom stereocenters. The maximum Gasteiger partial charge on any atom is 0.268 e. The van der Waals surface area contributed by atoms with E-state index in [9.17, 15) is 33.6 Å². The van der Waals surface area contributed by atoms with Gasteiger partial charge in [0, 0.05) is 71.4 Å². The Balaban J connectivity index is 2.34. The van der Waals surface area contributed by atoms with Gasteiger partial charge in [-0.15, -0.1) is 0 Å². The van der Waals surface area contributed by atoms with Gasteiger partial charge in [-0.25, -0.2) is 20.8 Å². The maximum absolute atomic E-state index is 12.9. The van der Waals surface area contributed by atoms with Crippen molar-refractivity contribution in [3.63, 3.8) is 0 Å². The van der Waals surface area contributed by atoms with Crippen LogP contribution in [0, 0.1) is 0 Å². The van der Waals surface area contributed by atoms with E-state index in [4.69, 9.17) is 43.5 Å². The molecule has 7 amide bonds. The summed E-state index contributed by atoms with van der Waals surface area (Å²) in [5.74, 6) is -2.43. The van der Waals surface area contributed by atoms with Gasteiger partial charge in [-0.3, -0.25) is 47.8 Å². The number of hydrogen-bond donors (Lipinski definition) is 7. The first-order valence-corrected chi connectivity index (χ1v) is 29.5. The van der Waals surface area contributed by atoms with Crippen LogP contribution in [0.15, 0.2) is 29.4 Å². The van der Waals surface area contributed by atoms with Gasteiger partial charge in [0.25, 0.3) is 11.8 Å². The summed E-state index contributed by atoms with van der Waals surface area (Å²) in [7, 11) is 0.973. The first-order chi connectivity index (χ1) is 31.0. The molecule has 1 aromatic heterocycles. The summed E-state index contributed by atoms with van der Waals surface area (Å²) >= 11 is 0. The van der Waals surface area contributed by atoms with E-state index < -0.39 is 58.3 Å². The van der Waals surface area contributed by atoms with Crippen LogP contribution in [-0.4, -0.2) is 155 Å². The van der Waals surface area contributed by atoms with Crippen LogP contribution >= 0.6 is 21.6 Å². The molecule has 8 N–H and O–H groups in total. The van der Waals surface area contributed by atoms with Crippen LogP contribution in [0.4, 0.5) is 0 Å². The molecule has 0 spiro atoms. The molecule has 0 fully saturated rings. The normalized spacial score (nSPS) is 12.4. The molecule has 27 heteroatoms. The molecule has 65 heavy (non-hydrogen) atoms. The van der Waals surface area contributed by atoms with Crippen molar-refractivity contribution < 1.29 is 71.3 Å². The molecule has 0 saturated heterocycles. The molecular formula is C38H68N8O15S2Si2. The second-order valence-corrected chi connectivity index (χ2v) is 26.1. The summed E-state index contributed by atoms with van der Waals surface area (Å²) < 4.78 is 27.0. The zero-order valence-electron chi connectivity index (χ0n) is 38.2. The van der Waals surface area contributed by atoms with Crippen LogP contribution in [-0.2, 0) is 71.3 Å². The number of aromatic nitrogens is 1. The number of carbonyl (C=O) groups is 7. The van der Waals surface area contributed by atoms with Gasteiger partial charge in [0.2, 0.25) is 37.9 Å². The van der Waals surface area contributed by atoms with Crippen molar-refractivity contribution in [2.45, 2.75) is 93.9 Å². The van der Waals surface area contributed by atoms with Crippen molar-refractivity contribution >= 4 is 79.6 Å². The summed E-state index contributed by atoms with van der Waals surface area (Å²) in [6.07, 6.45) is 2.72. The molecule has 0 saturated carbocycles. The predicted molar refractivity (Wildman–Crippen MR) is 245 cm³/mol. The number of hydrogen-bond acceptors (Lipinski definition) is 18. The third-order valence-electron chi connectivity index (χ3n) is 8.39. The monoisotopic (exact) mass is 996 g/mol. The van der Waals surface area contributed by atoms with Gasteiger partial charge in [-0.1, -0.05) is 16.9 Å². The van der Waals surface area contributed by atoms with Gasteiger partial charge in [0.05, 0.1) is 33.0 Å². The Labute approximate surface area is 390 Å². The molecule has 23 nitrogen and oxygen atoms in total. The lowest BCUT2D eigenvalue weighted by Crippen LogP contribution is -2.50. The van der Waals surface area contributed by atoms with Gasteiger partial charge in [-0.05, 0) is 67.6 Å². The summed E-state index contributed by atoms with van der Waals surface area (Å²) in [4.78, 5) is 106. The van der Waals surface area contributed by atoms with Crippen molar-refractivity contribution in [1.29, 1.82) is 0 Å². The van der Waals surface area contributed by atoms with Crippen molar-refractivity contribution in [2.75, 3.05) is 79.5 Å². The molecule has 1 heterocycles. The number of nitrogens with zero attached hydrogens (tertiary/aromatic N) is 1. The Bertz CT molecular complexity index is 1580. The fraction of sp³-hybridized carbons (Fsp3) is 0.684. The predicted octanol–water partition coefficient (Wildman–Crippen LogP) is 0.587. The smallest absolute Gasteiger partial charge is 0.268 e. The zero-order valence-corrected chi connectivity index (χ0v) is 41.8. The number of rotatable bonds is 39. The molecule has 0 aromatic carbocycles. The zero-order chi connectivity index (χ0) is 48.4. The average Bonchev–Trinajstić information content (AvgIpc) is 3.25. The lowest BCUT2D eigenvalue weighted by molar-refractivity contribution is -0.222. The van der Waals surface area contributed by atoms with E-state index in [0.717, 1.165) is 5.03 Å². The highest BCUT2D eigenvalue weighted by atomic mass is 33.1. The molecule has 370 valence electrons. The fourth-order valence-electron chi connectivity index (χ4n) is 4.91. The van der Waals surface area contributed by atoms with Crippen LogP contribution in [0.25, 0.3) is 0 Å². The summed E-state index contributed by atoms with van der Waals surface area (Å²) in [5, 5.41) is 11.4. The van der Waals surface area contributed by atoms with Crippen molar-refractivity contribution in [3.8, 4) is 0 Å². The number of pyridine rings is 1. The highest BCUT2D eigenvalue weighted by Gasteiger charge is 2.29. The maximum atomic E-state index is 12.9. The Morgan fingerprint density at radius 2 is 1.31 bits per heavy atom. The quantitative estimate of drug-likeness (QED) is 0.0119. The van der Waals surface area contributed by atoms with Gasteiger partial charge in [0.1, 0.15) is 30.5 Å². The summed E-state index contributed by atoms with van der Waals surface area (Å²) in [6, 6.07) is 4.32. The Morgan fingerprint density at radius 3 is 1.88 bits per heavy atom. The van der Waals surface area contributed by atoms with Crippen molar-refractivity contribution in [1.82, 2.24) is 37.2 Å². The van der Waals surface area contributed by atoms with E-state index in [1.165, 1.54) is 35.8 Å². The minimum absolute atomic E-state index is 0.00132. The SMILES string of the molecule is COCOCC(NC(=O)CC[Si](C)(C)OCCOO[Si](C)(C)CCC(=O)NC(COC)C(=O)NOCCNC(=O)CCCC(N)=O)C(=O)NOCCNC(=O)CCSSc1ccccn1. The number of ether oxygens (including phenoxy) is 3. The summed E-state index contributed by atoms with van der Waals surface area (Å²) in [6.45, 7) is 7.79. The van der Waals surface area contributed by atoms with E-state index in [-0.39, 0.29) is 97.0 Å². The lowest BCUT2D eigenvalue weighted by atomic mass is 10.2. The van der Waals surface area contributed by atoms with Crippen molar-refractivity contribution in [3.05, 3.63) is 24.4 Å². The van der Waals surface area contributed by atoms with Gasteiger partial charge < -0.3 is 45.6 Å². The third kappa shape index (κ3) is 32.6. The molecule has 0 radical (unpaired) electrons. The van der Waals surface area contributed by atoms with Crippen LogP contribution in [0.3, 0.4) is 0 Å². The average molecular weight is 997 g/mol. The molecule has 0 aliphatic carbocycles. The Morgan fingerprint density at radius 1 is 0.708 bits per heavy atom. The third-order valence-corrected chi connectivity index (χ3v) is 15.1. The Hall–Kier alpha value is -3.75. The number of hydroxylamine groups is 2. The molecule has 0 aliphatic rings. The van der Waals surface area contributed by atoms with E-state index in [1.54, 1.807) is 6.20 Å². The van der Waals surface area contributed by atoms with E-state index in [1.807, 2.05) is 44.4 Å². The molecule has 2 unspecified atom stereocenters. The van der Waals surface area contributed by atoms with Gasteiger partial charge in [-0.2, -0.15) is 0 Å². The first kappa shape index (κ1) is 59.3. The van der Waals surface area contributed by atoms with Crippen LogP contribution in [0.5, 0.6) is 0 Å². The largest absolute Gasteiger partial charge is 0.415 e. The standard InChI is InChI=1S/C38H68N8O15S2Si2/c1-54-26-29(37(52)45-57-19-17-40-32(48)11-9-10-31(39)47)43-35(51)15-25-65(5,6)61-59-21-22-60-64(3,4)24-14-34(50)44-30(27-56-28-55-2)38(53)46-58-20-18-41-33(49)13-23-62-63-36-12-7-8-16-42-36/h7-8,12,16,29-30H,9-11,13-15,17-28H2,1-6H3,(H2,39,47)(H,40,48)(H,41,49)(H,43,51)(H,44,50)(H,45,52)(H,46,53). The highest BCUT2D eigenvalue weighted by Crippen LogP contribution is 2.29. The molecule has 0 aliphatic heterocycles. The molecule has 0 bridgehead atoms.